The summed E-state index contributed by atoms with van der Waals surface area (Å²) in [6, 6.07) is 11.8. The Morgan fingerprint density at radius 2 is 1.69 bits per heavy atom. The molecule has 1 fully saturated rings. The molecule has 1 atom stereocenters. The van der Waals surface area contributed by atoms with Crippen molar-refractivity contribution < 1.29 is 9.59 Å². The number of anilines is 1. The Kier molecular flexibility index (Phi) is 5.17. The maximum atomic E-state index is 13.4. The van der Waals surface area contributed by atoms with E-state index in [0.29, 0.717) is 6.42 Å². The van der Waals surface area contributed by atoms with Crippen molar-refractivity contribution in [3.05, 3.63) is 64.2 Å². The van der Waals surface area contributed by atoms with E-state index in [4.69, 9.17) is 0 Å². The number of aryl methyl sites for hydroxylation is 3. The van der Waals surface area contributed by atoms with E-state index in [9.17, 15) is 9.59 Å². The van der Waals surface area contributed by atoms with Gasteiger partial charge in [-0.05, 0) is 68.3 Å². The highest BCUT2D eigenvalue weighted by Gasteiger charge is 2.40. The number of benzene rings is 2. The van der Waals surface area contributed by atoms with Gasteiger partial charge in [-0.3, -0.25) is 9.59 Å². The number of rotatable bonds is 3. The molecule has 29 heavy (non-hydrogen) atoms. The summed E-state index contributed by atoms with van der Waals surface area (Å²) in [5, 5.41) is 0. The molecule has 0 bridgehead atoms. The number of carbonyl (C=O) groups is 2. The quantitative estimate of drug-likeness (QED) is 0.805. The minimum atomic E-state index is -0.259. The van der Waals surface area contributed by atoms with Gasteiger partial charge in [0.25, 0.3) is 5.91 Å². The number of amides is 2. The number of hydrogen-bond donors (Lipinski definition) is 0. The first-order valence-corrected chi connectivity index (χ1v) is 10.3. The van der Waals surface area contributed by atoms with Crippen LogP contribution in [0.3, 0.4) is 0 Å². The standard InChI is InChI=1S/C24H29N3O2/c1-16-6-5-7-19(12-16)27-22(15-23(28)26-10-8-25(4)9-11-26)20-13-17(2)18(3)14-21(20)24(27)29/h5-7,12-14,22H,8-11,15H2,1-4H3. The third-order valence-electron chi connectivity index (χ3n) is 6.29. The van der Waals surface area contributed by atoms with E-state index in [-0.39, 0.29) is 17.9 Å². The molecule has 2 amide bonds. The predicted octanol–water partition coefficient (Wildman–Crippen LogP) is 3.48. The van der Waals surface area contributed by atoms with E-state index in [1.165, 1.54) is 0 Å². The lowest BCUT2D eigenvalue weighted by molar-refractivity contribution is -0.133. The van der Waals surface area contributed by atoms with E-state index in [2.05, 4.69) is 24.9 Å². The zero-order chi connectivity index (χ0) is 20.7. The molecule has 5 heteroatoms. The van der Waals surface area contributed by atoms with Gasteiger partial charge in [0.05, 0.1) is 12.5 Å². The Labute approximate surface area is 172 Å². The lowest BCUT2D eigenvalue weighted by Crippen LogP contribution is -2.47. The van der Waals surface area contributed by atoms with Crippen LogP contribution in [0, 0.1) is 20.8 Å². The zero-order valence-electron chi connectivity index (χ0n) is 17.7. The molecule has 5 nitrogen and oxygen atoms in total. The molecule has 2 aliphatic heterocycles. The lowest BCUT2D eigenvalue weighted by atomic mass is 9.96. The van der Waals surface area contributed by atoms with Gasteiger partial charge in [0.15, 0.2) is 0 Å². The summed E-state index contributed by atoms with van der Waals surface area (Å²) >= 11 is 0. The molecule has 1 saturated heterocycles. The largest absolute Gasteiger partial charge is 0.340 e. The molecule has 0 radical (unpaired) electrons. The number of fused-ring (bicyclic) bond motifs is 1. The molecule has 2 aliphatic rings. The molecule has 2 heterocycles. The highest BCUT2D eigenvalue weighted by molar-refractivity contribution is 6.11. The molecule has 152 valence electrons. The fraction of sp³-hybridized carbons (Fsp3) is 0.417. The van der Waals surface area contributed by atoms with E-state index < -0.39 is 0 Å². The third kappa shape index (κ3) is 3.67. The Morgan fingerprint density at radius 1 is 1.00 bits per heavy atom. The monoisotopic (exact) mass is 391 g/mol. The minimum absolute atomic E-state index is 0.00937. The van der Waals surface area contributed by atoms with Crippen molar-refractivity contribution in [2.45, 2.75) is 33.2 Å². The first-order valence-electron chi connectivity index (χ1n) is 10.3. The Hall–Kier alpha value is -2.66. The summed E-state index contributed by atoms with van der Waals surface area (Å²) in [5.74, 6) is 0.115. The molecule has 0 aliphatic carbocycles. The average Bonchev–Trinajstić information content (AvgIpc) is 2.94. The summed E-state index contributed by atoms with van der Waals surface area (Å²) < 4.78 is 0. The third-order valence-corrected chi connectivity index (χ3v) is 6.29. The molecule has 0 saturated carbocycles. The van der Waals surface area contributed by atoms with Crippen molar-refractivity contribution in [2.24, 2.45) is 0 Å². The van der Waals surface area contributed by atoms with Crippen molar-refractivity contribution in [1.29, 1.82) is 0 Å². The van der Waals surface area contributed by atoms with Gasteiger partial charge >= 0.3 is 0 Å². The SMILES string of the molecule is Cc1cccc(N2C(=O)c3cc(C)c(C)cc3C2CC(=O)N2CCN(C)CC2)c1. The van der Waals surface area contributed by atoms with Gasteiger partial charge < -0.3 is 14.7 Å². The Bertz CT molecular complexity index is 961. The molecule has 0 spiro atoms. The number of nitrogens with zero attached hydrogens (tertiary/aromatic N) is 3. The Balaban J connectivity index is 1.70. The molecule has 1 unspecified atom stereocenters. The van der Waals surface area contributed by atoms with Gasteiger partial charge in [0.2, 0.25) is 5.91 Å². The van der Waals surface area contributed by atoms with Crippen molar-refractivity contribution >= 4 is 17.5 Å². The predicted molar refractivity (Wildman–Crippen MR) is 115 cm³/mol. The second-order valence-electron chi connectivity index (χ2n) is 8.44. The molecule has 4 rings (SSSR count). The number of likely N-dealkylation sites (N-methyl/N-ethyl adjacent to an activating group) is 1. The van der Waals surface area contributed by atoms with Gasteiger partial charge in [0, 0.05) is 37.4 Å². The molecule has 0 N–H and O–H groups in total. The number of carbonyl (C=O) groups excluding carboxylic acids is 2. The number of piperazine rings is 1. The molecule has 2 aromatic rings. The minimum Gasteiger partial charge on any atom is -0.340 e. The smallest absolute Gasteiger partial charge is 0.259 e. The topological polar surface area (TPSA) is 43.9 Å². The summed E-state index contributed by atoms with van der Waals surface area (Å²) in [5.41, 5.74) is 5.92. The highest BCUT2D eigenvalue weighted by Crippen LogP contribution is 2.41. The van der Waals surface area contributed by atoms with Crippen LogP contribution in [0.25, 0.3) is 0 Å². The second kappa shape index (κ2) is 7.64. The summed E-state index contributed by atoms with van der Waals surface area (Å²) in [7, 11) is 2.08. The normalized spacial score (nSPS) is 19.6. The maximum Gasteiger partial charge on any atom is 0.259 e. The zero-order valence-corrected chi connectivity index (χ0v) is 17.7. The summed E-state index contributed by atoms with van der Waals surface area (Å²) in [6.07, 6.45) is 0.318. The fourth-order valence-corrected chi connectivity index (χ4v) is 4.34. The number of hydrogen-bond acceptors (Lipinski definition) is 3. The second-order valence-corrected chi connectivity index (χ2v) is 8.44. The van der Waals surface area contributed by atoms with Crippen LogP contribution in [0.15, 0.2) is 36.4 Å². The van der Waals surface area contributed by atoms with E-state index in [1.54, 1.807) is 0 Å². The van der Waals surface area contributed by atoms with Crippen LogP contribution < -0.4 is 4.90 Å². The van der Waals surface area contributed by atoms with Crippen molar-refractivity contribution in [1.82, 2.24) is 9.80 Å². The van der Waals surface area contributed by atoms with Gasteiger partial charge in [0.1, 0.15) is 0 Å². The summed E-state index contributed by atoms with van der Waals surface area (Å²) in [4.78, 5) is 32.5. The van der Waals surface area contributed by atoms with Crippen LogP contribution in [0.2, 0.25) is 0 Å². The summed E-state index contributed by atoms with van der Waals surface area (Å²) in [6.45, 7) is 9.41. The first kappa shape index (κ1) is 19.6. The van der Waals surface area contributed by atoms with Gasteiger partial charge in [-0.15, -0.1) is 0 Å². The fourth-order valence-electron chi connectivity index (χ4n) is 4.34. The Morgan fingerprint density at radius 3 is 2.38 bits per heavy atom. The first-order chi connectivity index (χ1) is 13.8. The molecular formula is C24H29N3O2. The van der Waals surface area contributed by atoms with Crippen LogP contribution in [0.1, 0.15) is 45.1 Å². The van der Waals surface area contributed by atoms with Gasteiger partial charge in [-0.2, -0.15) is 0 Å². The lowest BCUT2D eigenvalue weighted by Gasteiger charge is -2.34. The van der Waals surface area contributed by atoms with Crippen molar-refractivity contribution in [3.8, 4) is 0 Å². The van der Waals surface area contributed by atoms with Crippen LogP contribution in [-0.2, 0) is 4.79 Å². The van der Waals surface area contributed by atoms with Crippen molar-refractivity contribution in [2.75, 3.05) is 38.1 Å². The van der Waals surface area contributed by atoms with Crippen LogP contribution in [0.4, 0.5) is 5.69 Å². The van der Waals surface area contributed by atoms with Gasteiger partial charge in [-0.1, -0.05) is 18.2 Å². The van der Waals surface area contributed by atoms with E-state index >= 15 is 0 Å². The molecular weight excluding hydrogens is 362 g/mol. The van der Waals surface area contributed by atoms with E-state index in [1.807, 2.05) is 54.0 Å². The average molecular weight is 392 g/mol. The van der Waals surface area contributed by atoms with Crippen LogP contribution in [-0.4, -0.2) is 54.8 Å². The van der Waals surface area contributed by atoms with Crippen LogP contribution >= 0.6 is 0 Å². The maximum absolute atomic E-state index is 13.4. The van der Waals surface area contributed by atoms with E-state index in [0.717, 1.165) is 59.7 Å². The van der Waals surface area contributed by atoms with Crippen LogP contribution in [0.5, 0.6) is 0 Å². The van der Waals surface area contributed by atoms with Gasteiger partial charge in [-0.25, -0.2) is 0 Å². The highest BCUT2D eigenvalue weighted by atomic mass is 16.2. The van der Waals surface area contributed by atoms with Crippen molar-refractivity contribution in [3.63, 3.8) is 0 Å². The molecule has 2 aromatic carbocycles. The molecule has 0 aromatic heterocycles.